The van der Waals surface area contributed by atoms with Crippen molar-refractivity contribution < 1.29 is 10.0 Å². The standard InChI is InChI=1S/C18H14BrN3O2/c19-14(13-9-5-2-6-10-13)15-17(23)16(22-24)18(21-15)20-11-12-7-3-1-4-8-12/h1-10,24H,11H2,(H,20,21)/b15-14-,22-16+. The molecule has 0 bridgehead atoms. The van der Waals surface area contributed by atoms with Gasteiger partial charge in [0.2, 0.25) is 5.78 Å². The summed E-state index contributed by atoms with van der Waals surface area (Å²) in [7, 11) is 0. The lowest BCUT2D eigenvalue weighted by molar-refractivity contribution is -0.109. The molecule has 2 aromatic carbocycles. The van der Waals surface area contributed by atoms with E-state index < -0.39 is 5.78 Å². The van der Waals surface area contributed by atoms with Crippen LogP contribution in [0.1, 0.15) is 11.1 Å². The number of nitrogens with zero attached hydrogens (tertiary/aromatic N) is 2. The lowest BCUT2D eigenvalue weighted by Crippen LogP contribution is -2.20. The summed E-state index contributed by atoms with van der Waals surface area (Å²) in [4.78, 5) is 16.8. The third-order valence-corrected chi connectivity index (χ3v) is 4.37. The molecule has 0 amide bonds. The highest BCUT2D eigenvalue weighted by atomic mass is 79.9. The molecular formula is C18H14BrN3O2. The van der Waals surface area contributed by atoms with Gasteiger partial charge in [-0.1, -0.05) is 65.8 Å². The van der Waals surface area contributed by atoms with E-state index in [0.717, 1.165) is 11.1 Å². The average molecular weight is 384 g/mol. The molecule has 1 fully saturated rings. The quantitative estimate of drug-likeness (QED) is 0.484. The molecule has 1 heterocycles. The molecule has 120 valence electrons. The van der Waals surface area contributed by atoms with Gasteiger partial charge in [-0.3, -0.25) is 9.79 Å². The molecule has 0 unspecified atom stereocenters. The lowest BCUT2D eigenvalue weighted by Gasteiger charge is -2.03. The van der Waals surface area contributed by atoms with Gasteiger partial charge in [0.15, 0.2) is 11.5 Å². The van der Waals surface area contributed by atoms with Crippen LogP contribution in [0.4, 0.5) is 0 Å². The van der Waals surface area contributed by atoms with E-state index in [1.165, 1.54) is 0 Å². The summed E-state index contributed by atoms with van der Waals surface area (Å²) in [6.45, 7) is 0.381. The molecule has 5 nitrogen and oxygen atoms in total. The summed E-state index contributed by atoms with van der Waals surface area (Å²) in [5, 5.41) is 15.2. The lowest BCUT2D eigenvalue weighted by atomic mass is 10.1. The van der Waals surface area contributed by atoms with Crippen LogP contribution < -0.4 is 5.32 Å². The van der Waals surface area contributed by atoms with Gasteiger partial charge in [0.1, 0.15) is 5.70 Å². The van der Waals surface area contributed by atoms with Gasteiger partial charge in [0, 0.05) is 0 Å². The maximum absolute atomic E-state index is 12.5. The van der Waals surface area contributed by atoms with Crippen molar-refractivity contribution in [2.75, 3.05) is 0 Å². The van der Waals surface area contributed by atoms with Crippen LogP contribution in [0.25, 0.3) is 4.48 Å². The highest BCUT2D eigenvalue weighted by Crippen LogP contribution is 2.26. The second-order valence-electron chi connectivity index (χ2n) is 5.11. The highest BCUT2D eigenvalue weighted by Gasteiger charge is 2.34. The summed E-state index contributed by atoms with van der Waals surface area (Å²) >= 11 is 3.44. The van der Waals surface area contributed by atoms with Crippen molar-refractivity contribution in [2.45, 2.75) is 6.54 Å². The van der Waals surface area contributed by atoms with Gasteiger partial charge in [-0.15, -0.1) is 0 Å². The summed E-state index contributed by atoms with van der Waals surface area (Å²) in [5.41, 5.74) is 2.06. The third-order valence-electron chi connectivity index (χ3n) is 3.52. The number of rotatable bonds is 3. The number of benzene rings is 2. The van der Waals surface area contributed by atoms with E-state index in [0.29, 0.717) is 16.7 Å². The second-order valence-corrected chi connectivity index (χ2v) is 5.90. The van der Waals surface area contributed by atoms with E-state index in [1.54, 1.807) is 0 Å². The first-order valence-electron chi connectivity index (χ1n) is 7.28. The number of allylic oxidation sites excluding steroid dienone is 1. The Morgan fingerprint density at radius 1 is 1.04 bits per heavy atom. The molecule has 0 atom stereocenters. The minimum absolute atomic E-state index is 0.0891. The number of amidine groups is 1. The van der Waals surface area contributed by atoms with Crippen molar-refractivity contribution in [2.24, 2.45) is 10.1 Å². The normalized spacial score (nSPS) is 19.6. The largest absolute Gasteiger partial charge is 0.410 e. The Hall–Kier alpha value is -2.73. The predicted octanol–water partition coefficient (Wildman–Crippen LogP) is 3.35. The number of Topliss-reactive ketones (excluding diaryl/α,β-unsaturated/α-hetero) is 1. The number of halogens is 1. The van der Waals surface area contributed by atoms with Crippen LogP contribution in [0, 0.1) is 0 Å². The molecule has 0 aromatic heterocycles. The fraction of sp³-hybridized carbons (Fsp3) is 0.0556. The molecule has 0 saturated carbocycles. The van der Waals surface area contributed by atoms with Crippen LogP contribution in [-0.2, 0) is 11.3 Å². The van der Waals surface area contributed by atoms with Crippen molar-refractivity contribution >= 4 is 37.7 Å². The summed E-state index contributed by atoms with van der Waals surface area (Å²) in [5.74, 6) is -0.144. The Morgan fingerprint density at radius 2 is 1.67 bits per heavy atom. The molecule has 2 aromatic rings. The second kappa shape index (κ2) is 7.23. The van der Waals surface area contributed by atoms with Crippen molar-refractivity contribution in [3.63, 3.8) is 0 Å². The Morgan fingerprint density at radius 3 is 2.29 bits per heavy atom. The fourth-order valence-electron chi connectivity index (χ4n) is 2.30. The van der Waals surface area contributed by atoms with Crippen LogP contribution in [0.5, 0.6) is 0 Å². The number of oxime groups is 1. The first kappa shape index (κ1) is 16.1. The Labute approximate surface area is 147 Å². The molecule has 2 N–H and O–H groups in total. The average Bonchev–Trinajstić information content (AvgIpc) is 2.96. The third kappa shape index (κ3) is 3.28. The first-order valence-corrected chi connectivity index (χ1v) is 8.07. The zero-order chi connectivity index (χ0) is 16.9. The summed E-state index contributed by atoms with van der Waals surface area (Å²) < 4.78 is 0.596. The molecular weight excluding hydrogens is 370 g/mol. The number of carbonyl (C=O) groups excluding carboxylic acids is 1. The maximum atomic E-state index is 12.5. The minimum Gasteiger partial charge on any atom is -0.410 e. The molecule has 0 spiro atoms. The van der Waals surface area contributed by atoms with E-state index in [-0.39, 0.29) is 11.5 Å². The monoisotopic (exact) mass is 383 g/mol. The van der Waals surface area contributed by atoms with E-state index in [4.69, 9.17) is 0 Å². The summed E-state index contributed by atoms with van der Waals surface area (Å²) in [6, 6.07) is 19.0. The van der Waals surface area contributed by atoms with Crippen molar-refractivity contribution in [1.29, 1.82) is 0 Å². The van der Waals surface area contributed by atoms with Gasteiger partial charge in [0.05, 0.1) is 11.0 Å². The zero-order valence-electron chi connectivity index (χ0n) is 12.6. The van der Waals surface area contributed by atoms with Gasteiger partial charge in [-0.2, -0.15) is 0 Å². The number of carbonyl (C=O) groups is 1. The van der Waals surface area contributed by atoms with Gasteiger partial charge < -0.3 is 10.5 Å². The van der Waals surface area contributed by atoms with E-state index in [2.05, 4.69) is 31.4 Å². The Balaban J connectivity index is 1.92. The number of hydrogen-bond donors (Lipinski definition) is 2. The molecule has 6 heteroatoms. The van der Waals surface area contributed by atoms with Gasteiger partial charge >= 0.3 is 0 Å². The fourth-order valence-corrected chi connectivity index (χ4v) is 2.85. The number of hydrogen-bond acceptors (Lipinski definition) is 4. The molecule has 1 aliphatic heterocycles. The maximum Gasteiger partial charge on any atom is 0.235 e. The summed E-state index contributed by atoms with van der Waals surface area (Å²) in [6.07, 6.45) is 0. The van der Waals surface area contributed by atoms with E-state index in [9.17, 15) is 10.0 Å². The van der Waals surface area contributed by atoms with Gasteiger partial charge in [-0.25, -0.2) is 0 Å². The molecule has 24 heavy (non-hydrogen) atoms. The minimum atomic E-state index is -0.403. The number of ketones is 1. The van der Waals surface area contributed by atoms with Crippen LogP contribution in [-0.4, -0.2) is 22.5 Å². The number of nitrogens with one attached hydrogen (secondary N) is 1. The van der Waals surface area contributed by atoms with E-state index in [1.807, 2.05) is 60.7 Å². The topological polar surface area (TPSA) is 74.0 Å². The van der Waals surface area contributed by atoms with Crippen molar-refractivity contribution in [3.8, 4) is 0 Å². The van der Waals surface area contributed by atoms with Gasteiger partial charge in [0.25, 0.3) is 0 Å². The van der Waals surface area contributed by atoms with E-state index >= 15 is 0 Å². The molecule has 0 radical (unpaired) electrons. The first-order chi connectivity index (χ1) is 11.7. The molecule has 0 aliphatic carbocycles. The smallest absolute Gasteiger partial charge is 0.235 e. The Kier molecular flexibility index (Phi) is 4.86. The number of aliphatic imine (C=N–C) groups is 1. The SMILES string of the molecule is O=C1/C(=N\O)C(=NCc2ccccc2)N/C1=C(\Br)c1ccccc1. The van der Waals surface area contributed by atoms with Gasteiger partial charge in [-0.05, 0) is 27.1 Å². The highest BCUT2D eigenvalue weighted by molar-refractivity contribution is 9.15. The molecule has 1 saturated heterocycles. The zero-order valence-corrected chi connectivity index (χ0v) is 14.2. The van der Waals surface area contributed by atoms with Crippen molar-refractivity contribution in [3.05, 3.63) is 77.5 Å². The van der Waals surface area contributed by atoms with Crippen LogP contribution in [0.2, 0.25) is 0 Å². The Bertz CT molecular complexity index is 843. The van der Waals surface area contributed by atoms with Crippen LogP contribution in [0.15, 0.2) is 76.5 Å². The van der Waals surface area contributed by atoms with Crippen LogP contribution in [0.3, 0.4) is 0 Å². The predicted molar refractivity (Wildman–Crippen MR) is 97.2 cm³/mol. The van der Waals surface area contributed by atoms with Crippen molar-refractivity contribution in [1.82, 2.24) is 5.32 Å². The van der Waals surface area contributed by atoms with Crippen LogP contribution >= 0.6 is 15.9 Å². The molecule has 3 rings (SSSR count). The molecule has 1 aliphatic rings.